The number of amides is 1. The Morgan fingerprint density at radius 1 is 1.10 bits per heavy atom. The number of fused-ring (bicyclic) bond motifs is 1. The van der Waals surface area contributed by atoms with Crippen molar-refractivity contribution in [3.05, 3.63) is 74.7 Å². The highest BCUT2D eigenvalue weighted by Gasteiger charge is 2.22. The van der Waals surface area contributed by atoms with E-state index in [1.165, 1.54) is 29.8 Å². The SMILES string of the molecule is CC(=O)c1cc2c(cc1NC(=O)c1nn(-c3ccc(Cl)cc3)c(C)cc1=O)OCO2. The summed E-state index contributed by atoms with van der Waals surface area (Å²) in [6.45, 7) is 3.09. The molecule has 1 aliphatic heterocycles. The van der Waals surface area contributed by atoms with Gasteiger partial charge in [-0.2, -0.15) is 5.10 Å². The summed E-state index contributed by atoms with van der Waals surface area (Å²) in [5, 5.41) is 7.37. The molecule has 0 aliphatic carbocycles. The molecule has 0 atom stereocenters. The maximum absolute atomic E-state index is 12.9. The molecular weight excluding hydrogens is 410 g/mol. The minimum absolute atomic E-state index is 0.0232. The molecule has 2 heterocycles. The van der Waals surface area contributed by atoms with Crippen LogP contribution in [0.4, 0.5) is 5.69 Å². The fraction of sp³-hybridized carbons (Fsp3) is 0.143. The van der Waals surface area contributed by atoms with Crippen LogP contribution in [0, 0.1) is 6.92 Å². The van der Waals surface area contributed by atoms with Crippen LogP contribution in [0.3, 0.4) is 0 Å². The van der Waals surface area contributed by atoms with Crippen LogP contribution in [-0.2, 0) is 0 Å². The van der Waals surface area contributed by atoms with Crippen LogP contribution in [0.2, 0.25) is 5.02 Å². The maximum atomic E-state index is 12.9. The lowest BCUT2D eigenvalue weighted by Crippen LogP contribution is -2.27. The number of anilines is 1. The maximum Gasteiger partial charge on any atom is 0.280 e. The number of carbonyl (C=O) groups is 2. The van der Waals surface area contributed by atoms with Gasteiger partial charge in [0.05, 0.1) is 11.4 Å². The largest absolute Gasteiger partial charge is 0.454 e. The van der Waals surface area contributed by atoms with Gasteiger partial charge in [-0.05, 0) is 44.2 Å². The molecule has 152 valence electrons. The molecule has 0 radical (unpaired) electrons. The van der Waals surface area contributed by atoms with Crippen LogP contribution in [-0.4, -0.2) is 28.3 Å². The summed E-state index contributed by atoms with van der Waals surface area (Å²) in [6.07, 6.45) is 0. The number of nitrogens with zero attached hydrogens (tertiary/aromatic N) is 2. The molecule has 1 N–H and O–H groups in total. The molecule has 0 bridgehead atoms. The fourth-order valence-corrected chi connectivity index (χ4v) is 3.19. The molecule has 8 nitrogen and oxygen atoms in total. The first-order valence-corrected chi connectivity index (χ1v) is 9.34. The van der Waals surface area contributed by atoms with Gasteiger partial charge >= 0.3 is 0 Å². The lowest BCUT2D eigenvalue weighted by Gasteiger charge is -2.13. The Hall–Kier alpha value is -3.65. The zero-order valence-electron chi connectivity index (χ0n) is 16.1. The summed E-state index contributed by atoms with van der Waals surface area (Å²) >= 11 is 5.93. The van der Waals surface area contributed by atoms with Gasteiger partial charge in [0.2, 0.25) is 12.2 Å². The highest BCUT2D eigenvalue weighted by atomic mass is 35.5. The second-order valence-electron chi connectivity index (χ2n) is 6.65. The Kier molecular flexibility index (Phi) is 5.01. The van der Waals surface area contributed by atoms with Gasteiger partial charge in [0, 0.05) is 28.4 Å². The van der Waals surface area contributed by atoms with E-state index in [0.717, 1.165) is 0 Å². The summed E-state index contributed by atoms with van der Waals surface area (Å²) in [5.41, 5.74) is 0.766. The molecule has 1 aliphatic rings. The van der Waals surface area contributed by atoms with E-state index in [9.17, 15) is 14.4 Å². The van der Waals surface area contributed by atoms with Gasteiger partial charge in [-0.3, -0.25) is 14.4 Å². The first kappa shape index (κ1) is 19.7. The Morgan fingerprint density at radius 3 is 2.43 bits per heavy atom. The van der Waals surface area contributed by atoms with Gasteiger partial charge in [-0.1, -0.05) is 11.6 Å². The standard InChI is InChI=1S/C21H16ClN3O5/c1-11-7-17(27)20(24-25(11)14-5-3-13(22)4-6-14)21(28)23-16-9-19-18(29-10-30-19)8-15(16)12(2)26/h3-9H,10H2,1-2H3,(H,23,28). The van der Waals surface area contributed by atoms with Gasteiger partial charge in [0.25, 0.3) is 5.91 Å². The van der Waals surface area contributed by atoms with Gasteiger partial charge in [-0.15, -0.1) is 0 Å². The topological polar surface area (TPSA) is 99.5 Å². The van der Waals surface area contributed by atoms with Crippen LogP contribution in [0.25, 0.3) is 5.69 Å². The van der Waals surface area contributed by atoms with E-state index in [4.69, 9.17) is 21.1 Å². The van der Waals surface area contributed by atoms with E-state index in [2.05, 4.69) is 10.4 Å². The monoisotopic (exact) mass is 425 g/mol. The number of ketones is 1. The first-order valence-electron chi connectivity index (χ1n) is 8.96. The Bertz CT molecular complexity index is 1230. The highest BCUT2D eigenvalue weighted by Crippen LogP contribution is 2.37. The van der Waals surface area contributed by atoms with Gasteiger partial charge in [0.1, 0.15) is 0 Å². The van der Waals surface area contributed by atoms with Crippen molar-refractivity contribution in [3.8, 4) is 17.2 Å². The summed E-state index contributed by atoms with van der Waals surface area (Å²) in [5.74, 6) is -0.217. The third-order valence-corrected chi connectivity index (χ3v) is 4.79. The Morgan fingerprint density at radius 2 is 1.77 bits per heavy atom. The minimum atomic E-state index is -0.746. The first-order chi connectivity index (χ1) is 14.3. The van der Waals surface area contributed by atoms with Gasteiger partial charge < -0.3 is 14.8 Å². The molecule has 1 aromatic heterocycles. The number of aryl methyl sites for hydroxylation is 1. The van der Waals surface area contributed by atoms with Crippen molar-refractivity contribution in [2.45, 2.75) is 13.8 Å². The number of aromatic nitrogens is 2. The molecule has 0 fully saturated rings. The second kappa shape index (κ2) is 7.64. The van der Waals surface area contributed by atoms with Crippen LogP contribution in [0.15, 0.2) is 47.3 Å². The number of halogens is 1. The summed E-state index contributed by atoms with van der Waals surface area (Å²) < 4.78 is 12.1. The number of benzene rings is 2. The van der Waals surface area contributed by atoms with Crippen molar-refractivity contribution in [1.82, 2.24) is 9.78 Å². The van der Waals surface area contributed by atoms with E-state index in [-0.39, 0.29) is 29.5 Å². The summed E-state index contributed by atoms with van der Waals surface area (Å²) in [7, 11) is 0. The van der Waals surface area contributed by atoms with Crippen molar-refractivity contribution >= 4 is 29.0 Å². The molecule has 0 unspecified atom stereocenters. The Labute approximate surface area is 176 Å². The third kappa shape index (κ3) is 3.65. The molecule has 0 saturated heterocycles. The van der Waals surface area contributed by atoms with E-state index >= 15 is 0 Å². The van der Waals surface area contributed by atoms with Crippen LogP contribution >= 0.6 is 11.6 Å². The zero-order chi connectivity index (χ0) is 21.4. The van der Waals surface area contributed by atoms with Crippen molar-refractivity contribution in [2.75, 3.05) is 12.1 Å². The van der Waals surface area contributed by atoms with E-state index < -0.39 is 11.3 Å². The van der Waals surface area contributed by atoms with Gasteiger partial charge in [0.15, 0.2) is 23.0 Å². The predicted molar refractivity (Wildman–Crippen MR) is 110 cm³/mol. The average molecular weight is 426 g/mol. The number of nitrogens with one attached hydrogen (secondary N) is 1. The molecule has 3 aromatic rings. The van der Waals surface area contributed by atoms with Crippen molar-refractivity contribution in [3.63, 3.8) is 0 Å². The lowest BCUT2D eigenvalue weighted by atomic mass is 10.1. The quantitative estimate of drug-likeness (QED) is 0.643. The van der Waals surface area contributed by atoms with Gasteiger partial charge in [-0.25, -0.2) is 4.68 Å². The molecule has 30 heavy (non-hydrogen) atoms. The molecule has 2 aromatic carbocycles. The molecule has 4 rings (SSSR count). The minimum Gasteiger partial charge on any atom is -0.454 e. The van der Waals surface area contributed by atoms with Crippen LogP contribution < -0.4 is 20.2 Å². The van der Waals surface area contributed by atoms with Crippen molar-refractivity contribution in [2.24, 2.45) is 0 Å². The number of rotatable bonds is 4. The van der Waals surface area contributed by atoms with E-state index in [1.54, 1.807) is 31.2 Å². The van der Waals surface area contributed by atoms with E-state index in [1.807, 2.05) is 0 Å². The molecule has 0 saturated carbocycles. The number of Topliss-reactive ketones (excluding diaryl/α,β-unsaturated/α-hetero) is 1. The summed E-state index contributed by atoms with van der Waals surface area (Å²) in [6, 6.07) is 11.1. The number of hydrogen-bond donors (Lipinski definition) is 1. The van der Waals surface area contributed by atoms with Crippen molar-refractivity contribution < 1.29 is 19.1 Å². The molecule has 0 spiro atoms. The smallest absolute Gasteiger partial charge is 0.280 e. The third-order valence-electron chi connectivity index (χ3n) is 4.53. The van der Waals surface area contributed by atoms with Crippen LogP contribution in [0.1, 0.15) is 33.5 Å². The Balaban J connectivity index is 1.73. The fourth-order valence-electron chi connectivity index (χ4n) is 3.07. The number of carbonyl (C=O) groups excluding carboxylic acids is 2. The molecule has 1 amide bonds. The second-order valence-corrected chi connectivity index (χ2v) is 7.08. The van der Waals surface area contributed by atoms with E-state index in [0.29, 0.717) is 27.9 Å². The number of hydrogen-bond acceptors (Lipinski definition) is 6. The normalized spacial score (nSPS) is 12.0. The van der Waals surface area contributed by atoms with Crippen molar-refractivity contribution in [1.29, 1.82) is 0 Å². The highest BCUT2D eigenvalue weighted by molar-refractivity contribution is 6.30. The van der Waals surface area contributed by atoms with Crippen LogP contribution in [0.5, 0.6) is 11.5 Å². The zero-order valence-corrected chi connectivity index (χ0v) is 16.8. The summed E-state index contributed by atoms with van der Waals surface area (Å²) in [4.78, 5) is 37.3. The lowest BCUT2D eigenvalue weighted by molar-refractivity contribution is 0.101. The molecular formula is C21H16ClN3O5. The predicted octanol–water partition coefficient (Wildman–Crippen LogP) is 3.38. The number of ether oxygens (including phenoxy) is 2. The molecule has 9 heteroatoms. The average Bonchev–Trinajstić information content (AvgIpc) is 3.15.